The third-order valence-electron chi connectivity index (χ3n) is 3.89. The molecule has 3 rings (SSSR count). The molecule has 0 bridgehead atoms. The number of pyridine rings is 1. The zero-order chi connectivity index (χ0) is 18.4. The molecule has 0 unspecified atom stereocenters. The van der Waals surface area contributed by atoms with Crippen molar-refractivity contribution in [3.05, 3.63) is 40.3 Å². The van der Waals surface area contributed by atoms with Crippen molar-refractivity contribution >= 4 is 37.8 Å². The van der Waals surface area contributed by atoms with E-state index in [1.807, 2.05) is 0 Å². The van der Waals surface area contributed by atoms with E-state index in [2.05, 4.69) is 9.97 Å². The summed E-state index contributed by atoms with van der Waals surface area (Å²) in [5.74, 6) is -0.582. The number of carbonyl (C=O) groups is 1. The lowest BCUT2D eigenvalue weighted by atomic mass is 10.1. The summed E-state index contributed by atoms with van der Waals surface area (Å²) in [6.07, 6.45) is 1.39. The van der Waals surface area contributed by atoms with Crippen molar-refractivity contribution in [2.24, 2.45) is 0 Å². The smallest absolute Gasteiger partial charge is 0.340 e. The van der Waals surface area contributed by atoms with Crippen LogP contribution in [0.5, 0.6) is 0 Å². The molecule has 0 aliphatic carbocycles. The minimum atomic E-state index is -3.66. The van der Waals surface area contributed by atoms with E-state index < -0.39 is 21.6 Å². The Morgan fingerprint density at radius 1 is 1.28 bits per heavy atom. The second-order valence-corrected chi connectivity index (χ2v) is 7.77. The molecular weight excluding hydrogens is 346 g/mol. The number of nitrogens with one attached hydrogen (secondary N) is 2. The molecule has 2 heterocycles. The zero-order valence-electron chi connectivity index (χ0n) is 13.9. The summed E-state index contributed by atoms with van der Waals surface area (Å²) in [6.45, 7) is 1.87. The molecule has 1 aromatic carbocycles. The predicted molar refractivity (Wildman–Crippen MR) is 93.3 cm³/mol. The minimum absolute atomic E-state index is 0.0642. The van der Waals surface area contributed by atoms with Crippen molar-refractivity contribution in [2.75, 3.05) is 20.7 Å². The third-order valence-corrected chi connectivity index (χ3v) is 5.70. The van der Waals surface area contributed by atoms with Crippen LogP contribution in [0.25, 0.3) is 21.8 Å². The van der Waals surface area contributed by atoms with Gasteiger partial charge in [-0.15, -0.1) is 0 Å². The largest absolute Gasteiger partial charge is 0.462 e. The average Bonchev–Trinajstić information content (AvgIpc) is 3.00. The molecule has 0 saturated carbocycles. The SMILES string of the molecule is CCOC(=O)c1c[nH]c2c(=O)[nH]c3ccc(S(=O)(=O)N(C)C)cc3c12. The van der Waals surface area contributed by atoms with Crippen LogP contribution in [0.2, 0.25) is 0 Å². The number of nitrogens with zero attached hydrogens (tertiary/aromatic N) is 1. The number of hydrogen-bond acceptors (Lipinski definition) is 5. The fraction of sp³-hybridized carbons (Fsp3) is 0.250. The maximum absolute atomic E-state index is 12.4. The molecule has 0 saturated heterocycles. The number of carbonyl (C=O) groups excluding carboxylic acids is 1. The first kappa shape index (κ1) is 17.2. The number of sulfonamides is 1. The quantitative estimate of drug-likeness (QED) is 0.681. The highest BCUT2D eigenvalue weighted by atomic mass is 32.2. The highest BCUT2D eigenvalue weighted by Crippen LogP contribution is 2.28. The topological polar surface area (TPSA) is 112 Å². The zero-order valence-corrected chi connectivity index (χ0v) is 14.7. The Morgan fingerprint density at radius 2 is 2.00 bits per heavy atom. The first-order valence-electron chi connectivity index (χ1n) is 7.54. The lowest BCUT2D eigenvalue weighted by Crippen LogP contribution is -2.22. The van der Waals surface area contributed by atoms with Gasteiger partial charge in [0.05, 0.1) is 17.1 Å². The van der Waals surface area contributed by atoms with Crippen molar-refractivity contribution in [1.82, 2.24) is 14.3 Å². The van der Waals surface area contributed by atoms with Crippen LogP contribution in [0, 0.1) is 0 Å². The van der Waals surface area contributed by atoms with Crippen molar-refractivity contribution < 1.29 is 17.9 Å². The van der Waals surface area contributed by atoms with E-state index in [0.717, 1.165) is 4.31 Å². The molecule has 3 aromatic rings. The van der Waals surface area contributed by atoms with Gasteiger partial charge in [0, 0.05) is 36.6 Å². The van der Waals surface area contributed by atoms with Crippen molar-refractivity contribution in [3.63, 3.8) is 0 Å². The maximum Gasteiger partial charge on any atom is 0.340 e. The lowest BCUT2D eigenvalue weighted by molar-refractivity contribution is 0.0529. The number of ether oxygens (including phenoxy) is 1. The Bertz CT molecular complexity index is 1140. The van der Waals surface area contributed by atoms with Gasteiger partial charge in [0.1, 0.15) is 5.52 Å². The van der Waals surface area contributed by atoms with E-state index in [1.165, 1.54) is 38.5 Å². The van der Waals surface area contributed by atoms with E-state index in [9.17, 15) is 18.0 Å². The van der Waals surface area contributed by atoms with Crippen LogP contribution >= 0.6 is 0 Å². The Hall–Kier alpha value is -2.65. The van der Waals surface area contributed by atoms with Crippen LogP contribution in [-0.4, -0.2) is 49.4 Å². The first-order valence-corrected chi connectivity index (χ1v) is 8.98. The van der Waals surface area contributed by atoms with Gasteiger partial charge >= 0.3 is 5.97 Å². The average molecular weight is 363 g/mol. The Kier molecular flexibility index (Phi) is 4.13. The van der Waals surface area contributed by atoms with E-state index >= 15 is 0 Å². The molecule has 132 valence electrons. The van der Waals surface area contributed by atoms with Crippen molar-refractivity contribution in [2.45, 2.75) is 11.8 Å². The number of rotatable bonds is 4. The predicted octanol–water partition coefficient (Wildman–Crippen LogP) is 1.44. The monoisotopic (exact) mass is 363 g/mol. The van der Waals surface area contributed by atoms with Crippen molar-refractivity contribution in [3.8, 4) is 0 Å². The van der Waals surface area contributed by atoms with Gasteiger partial charge in [-0.05, 0) is 25.1 Å². The minimum Gasteiger partial charge on any atom is -0.462 e. The highest BCUT2D eigenvalue weighted by Gasteiger charge is 2.21. The van der Waals surface area contributed by atoms with Gasteiger partial charge in [-0.1, -0.05) is 0 Å². The molecule has 0 fully saturated rings. The van der Waals surface area contributed by atoms with E-state index in [4.69, 9.17) is 4.74 Å². The van der Waals surface area contributed by atoms with Crippen molar-refractivity contribution in [1.29, 1.82) is 0 Å². The van der Waals surface area contributed by atoms with Crippen LogP contribution in [0.4, 0.5) is 0 Å². The standard InChI is InChI=1S/C16H17N3O5S/c1-4-24-16(21)11-8-17-14-13(11)10-7-9(25(22,23)19(2)3)5-6-12(10)18-15(14)20/h5-8,17H,4H2,1-3H3,(H,18,20). The van der Waals surface area contributed by atoms with Crippen LogP contribution in [0.1, 0.15) is 17.3 Å². The number of fused-ring (bicyclic) bond motifs is 3. The first-order chi connectivity index (χ1) is 11.8. The second kappa shape index (κ2) is 6.01. The Morgan fingerprint density at radius 3 is 2.64 bits per heavy atom. The molecule has 2 aromatic heterocycles. The second-order valence-electron chi connectivity index (χ2n) is 5.62. The number of benzene rings is 1. The molecule has 2 N–H and O–H groups in total. The summed E-state index contributed by atoms with van der Waals surface area (Å²) >= 11 is 0. The number of aromatic nitrogens is 2. The summed E-state index contributed by atoms with van der Waals surface area (Å²) < 4.78 is 30.9. The van der Waals surface area contributed by atoms with Gasteiger partial charge in [0.25, 0.3) is 5.56 Å². The summed E-state index contributed by atoms with van der Waals surface area (Å²) in [5.41, 5.74) is 0.406. The molecule has 0 atom stereocenters. The fourth-order valence-corrected chi connectivity index (χ4v) is 3.58. The van der Waals surface area contributed by atoms with Gasteiger partial charge in [0.15, 0.2) is 0 Å². The summed E-state index contributed by atoms with van der Waals surface area (Å²) in [7, 11) is -0.793. The van der Waals surface area contributed by atoms with Crippen LogP contribution in [0.15, 0.2) is 34.1 Å². The van der Waals surface area contributed by atoms with Crippen LogP contribution in [-0.2, 0) is 14.8 Å². The summed E-state index contributed by atoms with van der Waals surface area (Å²) in [4.78, 5) is 29.9. The number of H-pyrrole nitrogens is 2. The molecule has 0 aliphatic rings. The molecular formula is C16H17N3O5S. The Labute approximate surface area is 143 Å². The molecule has 0 spiro atoms. The van der Waals surface area contributed by atoms with Gasteiger partial charge in [-0.2, -0.15) is 0 Å². The molecule has 0 radical (unpaired) electrons. The van der Waals surface area contributed by atoms with Gasteiger partial charge in [-0.3, -0.25) is 4.79 Å². The summed E-state index contributed by atoms with van der Waals surface area (Å²) in [6, 6.07) is 4.37. The molecule has 8 nitrogen and oxygen atoms in total. The Balaban J connectivity index is 2.40. The van der Waals surface area contributed by atoms with E-state index in [1.54, 1.807) is 6.92 Å². The molecule has 9 heteroatoms. The molecule has 0 amide bonds. The fourth-order valence-electron chi connectivity index (χ4n) is 2.65. The normalized spacial score (nSPS) is 12.2. The number of esters is 1. The van der Waals surface area contributed by atoms with Crippen LogP contribution < -0.4 is 5.56 Å². The van der Waals surface area contributed by atoms with Gasteiger partial charge in [-0.25, -0.2) is 17.5 Å². The van der Waals surface area contributed by atoms with Crippen LogP contribution in [0.3, 0.4) is 0 Å². The highest BCUT2D eigenvalue weighted by molar-refractivity contribution is 7.89. The van der Waals surface area contributed by atoms with E-state index in [-0.39, 0.29) is 22.6 Å². The summed E-state index contributed by atoms with van der Waals surface area (Å²) in [5, 5.41) is 0.787. The molecule has 0 aliphatic heterocycles. The molecule has 25 heavy (non-hydrogen) atoms. The van der Waals surface area contributed by atoms with Gasteiger partial charge < -0.3 is 14.7 Å². The third kappa shape index (κ3) is 2.71. The number of aromatic amines is 2. The van der Waals surface area contributed by atoms with Gasteiger partial charge in [0.2, 0.25) is 10.0 Å². The number of hydrogen-bond donors (Lipinski definition) is 2. The lowest BCUT2D eigenvalue weighted by Gasteiger charge is -2.12. The maximum atomic E-state index is 12.4. The van der Waals surface area contributed by atoms with E-state index in [0.29, 0.717) is 16.3 Å².